The Morgan fingerprint density at radius 3 is 2.50 bits per heavy atom. The van der Waals surface area contributed by atoms with Crippen LogP contribution >= 0.6 is 11.6 Å². The molecule has 190 valence electrons. The van der Waals surface area contributed by atoms with Crippen molar-refractivity contribution in [2.75, 3.05) is 38.1 Å². The first-order valence-electron chi connectivity index (χ1n) is 10.9. The number of aliphatic imine (C=N–C) groups is 1. The number of guanidine groups is 1. The molecule has 2 aromatic rings. The molecule has 2 aromatic carbocycles. The summed E-state index contributed by atoms with van der Waals surface area (Å²) >= 11 is 5.92. The summed E-state index contributed by atoms with van der Waals surface area (Å²) in [5.74, 6) is 0.390. The maximum Gasteiger partial charge on any atom is 0.407 e. The van der Waals surface area contributed by atoms with E-state index >= 15 is 0 Å². The predicted molar refractivity (Wildman–Crippen MR) is 130 cm³/mol. The van der Waals surface area contributed by atoms with E-state index in [4.69, 9.17) is 21.4 Å². The molecule has 1 fully saturated rings. The molecule has 36 heavy (non-hydrogen) atoms. The smallest absolute Gasteiger partial charge is 0.407 e. The van der Waals surface area contributed by atoms with Gasteiger partial charge in [0, 0.05) is 42.5 Å². The molecule has 4 N–H and O–H groups in total. The van der Waals surface area contributed by atoms with Gasteiger partial charge in [0.2, 0.25) is 16.0 Å². The minimum atomic E-state index is -3.94. The Morgan fingerprint density at radius 2 is 1.86 bits per heavy atom. The number of aliphatic hydroxyl groups is 1. The second-order valence-corrected chi connectivity index (χ2v) is 10.4. The summed E-state index contributed by atoms with van der Waals surface area (Å²) < 4.78 is 33.3. The van der Waals surface area contributed by atoms with Crippen LogP contribution in [-0.2, 0) is 10.0 Å². The van der Waals surface area contributed by atoms with Crippen LogP contribution in [0, 0.1) is 11.5 Å². The minimum Gasteiger partial charge on any atom is -0.490 e. The zero-order chi connectivity index (χ0) is 25.9. The van der Waals surface area contributed by atoms with Gasteiger partial charge in [-0.15, -0.1) is 0 Å². The predicted octanol–water partition coefficient (Wildman–Crippen LogP) is 1.66. The van der Waals surface area contributed by atoms with Gasteiger partial charge in [0.15, 0.2) is 6.19 Å². The van der Waals surface area contributed by atoms with Gasteiger partial charge < -0.3 is 25.2 Å². The van der Waals surface area contributed by atoms with Crippen molar-refractivity contribution in [1.82, 2.24) is 14.5 Å². The number of carbonyl (C=O) groups is 1. The fourth-order valence-electron chi connectivity index (χ4n) is 3.91. The summed E-state index contributed by atoms with van der Waals surface area (Å²) in [5, 5.41) is 34.9. The fraction of sp³-hybridized carbons (Fsp3) is 0.318. The molecule has 1 amide bonds. The van der Waals surface area contributed by atoms with Gasteiger partial charge in [0.25, 0.3) is 0 Å². The number of piperazine rings is 1. The number of nitrogens with zero attached hydrogens (tertiary/aromatic N) is 4. The van der Waals surface area contributed by atoms with Crippen molar-refractivity contribution in [2.45, 2.75) is 17.0 Å². The lowest BCUT2D eigenvalue weighted by Crippen LogP contribution is -2.50. The topological polar surface area (TPSA) is 168 Å². The Hall–Kier alpha value is -3.57. The van der Waals surface area contributed by atoms with Crippen LogP contribution in [0.2, 0.25) is 5.02 Å². The quantitative estimate of drug-likeness (QED) is 0.197. The lowest BCUT2D eigenvalue weighted by molar-refractivity contribution is 0.0684. The Kier molecular flexibility index (Phi) is 7.51. The molecule has 2 unspecified atom stereocenters. The molecule has 0 spiro atoms. The summed E-state index contributed by atoms with van der Waals surface area (Å²) in [6.45, 7) is 0.0914. The third-order valence-corrected chi connectivity index (χ3v) is 7.92. The number of aliphatic hydroxyl groups excluding tert-OH is 1. The van der Waals surface area contributed by atoms with E-state index in [2.05, 4.69) is 15.6 Å². The first-order chi connectivity index (χ1) is 17.2. The maximum atomic E-state index is 13.3. The van der Waals surface area contributed by atoms with Crippen molar-refractivity contribution in [2.24, 2.45) is 4.99 Å². The number of fused-ring (bicyclic) bond motifs is 1. The van der Waals surface area contributed by atoms with Gasteiger partial charge in [-0.1, -0.05) is 11.6 Å². The molecule has 4 rings (SSSR count). The minimum absolute atomic E-state index is 0.0215. The number of rotatable bonds is 4. The summed E-state index contributed by atoms with van der Waals surface area (Å²) in [6.07, 6.45) is -0.422. The van der Waals surface area contributed by atoms with Crippen LogP contribution in [0.3, 0.4) is 0 Å². The first kappa shape index (κ1) is 25.5. The molecule has 2 aliphatic heterocycles. The Morgan fingerprint density at radius 1 is 1.17 bits per heavy atom. The van der Waals surface area contributed by atoms with Crippen LogP contribution in [0.25, 0.3) is 0 Å². The number of ether oxygens (including phenoxy) is 1. The van der Waals surface area contributed by atoms with Crippen molar-refractivity contribution >= 4 is 39.4 Å². The van der Waals surface area contributed by atoms with Crippen LogP contribution in [0.4, 0.5) is 10.5 Å². The van der Waals surface area contributed by atoms with Gasteiger partial charge in [-0.05, 0) is 42.5 Å². The Bertz CT molecular complexity index is 1310. The van der Waals surface area contributed by atoms with Gasteiger partial charge in [0.05, 0.1) is 4.90 Å². The van der Waals surface area contributed by atoms with E-state index in [9.17, 15) is 23.6 Å². The van der Waals surface area contributed by atoms with Crippen molar-refractivity contribution in [1.29, 1.82) is 5.26 Å². The lowest BCUT2D eigenvalue weighted by atomic mass is 9.99. The average molecular weight is 535 g/mol. The fourth-order valence-corrected chi connectivity index (χ4v) is 5.49. The number of nitrogens with one attached hydrogen (secondary N) is 2. The van der Waals surface area contributed by atoms with Gasteiger partial charge in [0.1, 0.15) is 24.5 Å². The van der Waals surface area contributed by atoms with Crippen LogP contribution in [0.5, 0.6) is 5.75 Å². The zero-order valence-corrected chi connectivity index (χ0v) is 20.4. The van der Waals surface area contributed by atoms with Gasteiger partial charge in [-0.3, -0.25) is 5.32 Å². The normalized spacial score (nSPS) is 20.6. The van der Waals surface area contributed by atoms with Crippen molar-refractivity contribution in [3.05, 3.63) is 53.1 Å². The number of anilines is 1. The van der Waals surface area contributed by atoms with Crippen molar-refractivity contribution in [3.63, 3.8) is 0 Å². The van der Waals surface area contributed by atoms with E-state index in [0.29, 0.717) is 22.0 Å². The summed E-state index contributed by atoms with van der Waals surface area (Å²) in [7, 11) is -3.94. The molecule has 14 heteroatoms. The second kappa shape index (κ2) is 10.6. The highest BCUT2D eigenvalue weighted by atomic mass is 35.5. The molecule has 0 aliphatic carbocycles. The van der Waals surface area contributed by atoms with Crippen LogP contribution in [-0.4, -0.2) is 78.8 Å². The van der Waals surface area contributed by atoms with Crippen molar-refractivity contribution in [3.8, 4) is 11.9 Å². The molecule has 1 saturated heterocycles. The molecule has 2 heterocycles. The van der Waals surface area contributed by atoms with Gasteiger partial charge in [-0.2, -0.15) is 9.57 Å². The van der Waals surface area contributed by atoms with E-state index in [0.717, 1.165) is 4.90 Å². The molecule has 2 aliphatic rings. The largest absolute Gasteiger partial charge is 0.490 e. The Labute approximate surface area is 212 Å². The van der Waals surface area contributed by atoms with Crippen LogP contribution in [0.1, 0.15) is 11.6 Å². The first-order valence-corrected chi connectivity index (χ1v) is 12.7. The number of benzene rings is 2. The third kappa shape index (κ3) is 5.47. The number of hydrogen-bond donors (Lipinski definition) is 4. The summed E-state index contributed by atoms with van der Waals surface area (Å²) in [5.41, 5.74) is 0.911. The number of carboxylic acid groups (broad SMARTS) is 1. The SMILES string of the molecule is N#CNC(=NC1c2cc(S(=O)(=O)N3CCN(C(=O)O)CC3)ccc2OCC1O)Nc1ccc(Cl)cc1. The van der Waals surface area contributed by atoms with E-state index in [1.54, 1.807) is 30.5 Å². The van der Waals surface area contributed by atoms with Crippen LogP contribution in [0.15, 0.2) is 52.4 Å². The van der Waals surface area contributed by atoms with Crippen molar-refractivity contribution < 1.29 is 28.2 Å². The van der Waals surface area contributed by atoms with Gasteiger partial charge in [-0.25, -0.2) is 18.2 Å². The number of amides is 1. The second-order valence-electron chi connectivity index (χ2n) is 8.04. The molecule has 0 radical (unpaired) electrons. The third-order valence-electron chi connectivity index (χ3n) is 5.77. The number of halogens is 1. The number of nitriles is 1. The summed E-state index contributed by atoms with van der Waals surface area (Å²) in [4.78, 5) is 16.7. The van der Waals surface area contributed by atoms with E-state index in [-0.39, 0.29) is 43.6 Å². The highest BCUT2D eigenvalue weighted by molar-refractivity contribution is 7.89. The molecular formula is C22H23ClN6O6S. The van der Waals surface area contributed by atoms with E-state index in [1.807, 2.05) is 0 Å². The van der Waals surface area contributed by atoms with Gasteiger partial charge >= 0.3 is 6.09 Å². The zero-order valence-electron chi connectivity index (χ0n) is 18.8. The molecule has 2 atom stereocenters. The standard InChI is InChI=1S/C22H23ClN6O6S/c23-14-1-3-15(4-2-14)26-21(25-13-24)27-20-17-11-16(5-6-19(17)35-12-18(20)30)36(33,34)29-9-7-28(8-10-29)22(31)32/h1-6,11,18,20,30H,7-10,12H2,(H,31,32)(H2,25,26,27). The average Bonchev–Trinajstić information content (AvgIpc) is 2.87. The summed E-state index contributed by atoms with van der Waals surface area (Å²) in [6, 6.07) is 10.0. The monoisotopic (exact) mass is 534 g/mol. The molecule has 0 aromatic heterocycles. The van der Waals surface area contributed by atoms with Crippen LogP contribution < -0.4 is 15.4 Å². The molecule has 0 saturated carbocycles. The Balaban J connectivity index is 1.64. The van der Waals surface area contributed by atoms with E-state index in [1.165, 1.54) is 22.5 Å². The maximum absolute atomic E-state index is 13.3. The molecule has 12 nitrogen and oxygen atoms in total. The molecular weight excluding hydrogens is 512 g/mol. The highest BCUT2D eigenvalue weighted by Crippen LogP contribution is 2.37. The lowest BCUT2D eigenvalue weighted by Gasteiger charge is -2.33. The number of sulfonamides is 1. The molecule has 0 bridgehead atoms. The van der Waals surface area contributed by atoms with E-state index < -0.39 is 28.3 Å². The highest BCUT2D eigenvalue weighted by Gasteiger charge is 2.34. The number of hydrogen-bond acceptors (Lipinski definition) is 7.